The predicted octanol–water partition coefficient (Wildman–Crippen LogP) is 5.04. The molecular weight excluding hydrogens is 398 g/mol. The van der Waals surface area contributed by atoms with Crippen LogP contribution in [0.2, 0.25) is 0 Å². The highest BCUT2D eigenvalue weighted by Gasteiger charge is 2.35. The third kappa shape index (κ3) is 3.48. The first-order valence-corrected chi connectivity index (χ1v) is 11.2. The molecule has 0 saturated heterocycles. The molecular formula is C26H27N5O. The van der Waals surface area contributed by atoms with Gasteiger partial charge in [-0.15, -0.1) is 0 Å². The molecule has 5 rings (SSSR count). The standard InChI is InChI=1S/C26H27N5O/c1-25(2)22-9-6-17(12-21(22)24(32)30-25)23-20(8-7-19(13-27)29-23)18-14-28-31(15-18)16-26(3)10-4-5-11-26/h6-9,12,14-15H,4-5,10-11,16H2,1-3H3,(H,30,32). The van der Waals surface area contributed by atoms with Gasteiger partial charge in [-0.25, -0.2) is 4.98 Å². The molecule has 1 aromatic carbocycles. The van der Waals surface area contributed by atoms with Crippen LogP contribution < -0.4 is 5.32 Å². The molecule has 1 aliphatic heterocycles. The van der Waals surface area contributed by atoms with E-state index in [1.54, 1.807) is 6.07 Å². The second-order valence-corrected chi connectivity index (χ2v) is 9.99. The summed E-state index contributed by atoms with van der Waals surface area (Å²) in [6, 6.07) is 11.7. The summed E-state index contributed by atoms with van der Waals surface area (Å²) in [5.74, 6) is -0.0811. The number of carbonyl (C=O) groups is 1. The number of pyridine rings is 1. The zero-order valence-corrected chi connectivity index (χ0v) is 18.8. The molecule has 0 unspecified atom stereocenters. The van der Waals surface area contributed by atoms with E-state index in [4.69, 9.17) is 0 Å². The predicted molar refractivity (Wildman–Crippen MR) is 123 cm³/mol. The number of nitrogens with zero attached hydrogens (tertiary/aromatic N) is 4. The Hall–Kier alpha value is -3.46. The first-order chi connectivity index (χ1) is 15.3. The van der Waals surface area contributed by atoms with E-state index < -0.39 is 5.54 Å². The summed E-state index contributed by atoms with van der Waals surface area (Å²) in [5, 5.41) is 17.1. The average Bonchev–Trinajstić information content (AvgIpc) is 3.46. The van der Waals surface area contributed by atoms with E-state index in [-0.39, 0.29) is 5.91 Å². The lowest BCUT2D eigenvalue weighted by atomic mass is 9.89. The summed E-state index contributed by atoms with van der Waals surface area (Å²) >= 11 is 0. The number of fused-ring (bicyclic) bond motifs is 1. The van der Waals surface area contributed by atoms with Crippen LogP contribution in [0.5, 0.6) is 0 Å². The number of hydrogen-bond donors (Lipinski definition) is 1. The lowest BCUT2D eigenvalue weighted by Gasteiger charge is -2.22. The van der Waals surface area contributed by atoms with Crippen molar-refractivity contribution in [3.8, 4) is 28.5 Å². The smallest absolute Gasteiger partial charge is 0.252 e. The Morgan fingerprint density at radius 1 is 1.09 bits per heavy atom. The van der Waals surface area contributed by atoms with E-state index in [0.29, 0.717) is 22.4 Å². The summed E-state index contributed by atoms with van der Waals surface area (Å²) in [7, 11) is 0. The maximum absolute atomic E-state index is 12.5. The first-order valence-electron chi connectivity index (χ1n) is 11.2. The first kappa shape index (κ1) is 20.4. The fourth-order valence-corrected chi connectivity index (χ4v) is 5.18. The molecule has 1 amide bonds. The molecule has 3 aromatic rings. The quantitative estimate of drug-likeness (QED) is 0.634. The highest BCUT2D eigenvalue weighted by atomic mass is 16.2. The second kappa shape index (κ2) is 7.30. The van der Waals surface area contributed by atoms with Crippen molar-refractivity contribution in [2.45, 2.75) is 58.5 Å². The summed E-state index contributed by atoms with van der Waals surface area (Å²) in [4.78, 5) is 17.2. The molecule has 1 N–H and O–H groups in total. The number of amides is 1. The van der Waals surface area contributed by atoms with Crippen molar-refractivity contribution >= 4 is 5.91 Å². The number of hydrogen-bond acceptors (Lipinski definition) is 4. The van der Waals surface area contributed by atoms with E-state index in [2.05, 4.69) is 34.6 Å². The number of carbonyl (C=O) groups excluding carboxylic acids is 1. The van der Waals surface area contributed by atoms with Crippen LogP contribution in [0.4, 0.5) is 0 Å². The minimum Gasteiger partial charge on any atom is -0.343 e. The molecule has 6 nitrogen and oxygen atoms in total. The molecule has 162 valence electrons. The number of nitrogens with one attached hydrogen (secondary N) is 1. The van der Waals surface area contributed by atoms with Crippen LogP contribution in [0.25, 0.3) is 22.4 Å². The zero-order chi connectivity index (χ0) is 22.5. The van der Waals surface area contributed by atoms with E-state index in [9.17, 15) is 10.1 Å². The van der Waals surface area contributed by atoms with Crippen molar-refractivity contribution in [3.63, 3.8) is 0 Å². The van der Waals surface area contributed by atoms with Crippen LogP contribution in [0, 0.1) is 16.7 Å². The molecule has 1 aliphatic carbocycles. The summed E-state index contributed by atoms with van der Waals surface area (Å²) in [6.45, 7) is 7.23. The maximum atomic E-state index is 12.5. The minimum absolute atomic E-state index is 0.0811. The molecule has 1 saturated carbocycles. The summed E-state index contributed by atoms with van der Waals surface area (Å²) in [5.41, 5.74) is 5.26. The highest BCUT2D eigenvalue weighted by Crippen LogP contribution is 2.40. The number of aromatic nitrogens is 3. The van der Waals surface area contributed by atoms with Gasteiger partial charge in [-0.2, -0.15) is 10.4 Å². The van der Waals surface area contributed by atoms with E-state index in [1.807, 2.05) is 49.0 Å². The van der Waals surface area contributed by atoms with Crippen molar-refractivity contribution in [1.82, 2.24) is 20.1 Å². The summed E-state index contributed by atoms with van der Waals surface area (Å²) in [6.07, 6.45) is 8.99. The number of nitriles is 1. The highest BCUT2D eigenvalue weighted by molar-refractivity contribution is 6.01. The van der Waals surface area contributed by atoms with Gasteiger partial charge in [0.25, 0.3) is 5.91 Å². The van der Waals surface area contributed by atoms with Gasteiger partial charge in [0.15, 0.2) is 0 Å². The Morgan fingerprint density at radius 2 is 1.88 bits per heavy atom. The largest absolute Gasteiger partial charge is 0.343 e. The van der Waals surface area contributed by atoms with Gasteiger partial charge >= 0.3 is 0 Å². The fourth-order valence-electron chi connectivity index (χ4n) is 5.18. The van der Waals surface area contributed by atoms with Gasteiger partial charge in [-0.05, 0) is 55.9 Å². The Bertz CT molecular complexity index is 1260. The van der Waals surface area contributed by atoms with Gasteiger partial charge < -0.3 is 5.32 Å². The fraction of sp³-hybridized carbons (Fsp3) is 0.385. The number of rotatable bonds is 4. The molecule has 0 atom stereocenters. The summed E-state index contributed by atoms with van der Waals surface area (Å²) < 4.78 is 2.03. The van der Waals surface area contributed by atoms with Crippen LogP contribution >= 0.6 is 0 Å². The molecule has 2 aliphatic rings. The van der Waals surface area contributed by atoms with Crippen molar-refractivity contribution in [1.29, 1.82) is 5.26 Å². The van der Waals surface area contributed by atoms with Gasteiger partial charge in [0.05, 0.1) is 17.4 Å². The zero-order valence-electron chi connectivity index (χ0n) is 18.8. The molecule has 0 radical (unpaired) electrons. The third-order valence-electron chi connectivity index (χ3n) is 6.95. The molecule has 3 heterocycles. The SMILES string of the molecule is CC1(Cn2cc(-c3ccc(C#N)nc3-c3ccc4c(c3)C(=O)NC4(C)C)cn2)CCCC1. The van der Waals surface area contributed by atoms with Crippen LogP contribution in [0.1, 0.15) is 68.1 Å². The van der Waals surface area contributed by atoms with Crippen LogP contribution in [0.15, 0.2) is 42.7 Å². The maximum Gasteiger partial charge on any atom is 0.252 e. The molecule has 1 fully saturated rings. The van der Waals surface area contributed by atoms with E-state index in [1.165, 1.54) is 25.7 Å². The van der Waals surface area contributed by atoms with Gasteiger partial charge in [-0.1, -0.05) is 31.9 Å². The molecule has 0 spiro atoms. The van der Waals surface area contributed by atoms with Crippen LogP contribution in [0.3, 0.4) is 0 Å². The van der Waals surface area contributed by atoms with E-state index in [0.717, 1.165) is 28.8 Å². The van der Waals surface area contributed by atoms with Crippen molar-refractivity contribution in [2.24, 2.45) is 5.41 Å². The average molecular weight is 426 g/mol. The Labute approximate surface area is 188 Å². The lowest BCUT2D eigenvalue weighted by molar-refractivity contribution is 0.0940. The van der Waals surface area contributed by atoms with Gasteiger partial charge in [-0.3, -0.25) is 9.48 Å². The minimum atomic E-state index is -0.396. The monoisotopic (exact) mass is 425 g/mol. The van der Waals surface area contributed by atoms with Gasteiger partial charge in [0.1, 0.15) is 11.8 Å². The normalized spacial score (nSPS) is 18.2. The Morgan fingerprint density at radius 3 is 2.62 bits per heavy atom. The third-order valence-corrected chi connectivity index (χ3v) is 6.95. The topological polar surface area (TPSA) is 83.6 Å². The van der Waals surface area contributed by atoms with Crippen molar-refractivity contribution in [2.75, 3.05) is 0 Å². The lowest BCUT2D eigenvalue weighted by Crippen LogP contribution is -2.32. The van der Waals surface area contributed by atoms with Crippen molar-refractivity contribution < 1.29 is 4.79 Å². The molecule has 0 bridgehead atoms. The molecule has 6 heteroatoms. The Kier molecular flexibility index (Phi) is 4.67. The van der Waals surface area contributed by atoms with Gasteiger partial charge in [0, 0.05) is 35.0 Å². The van der Waals surface area contributed by atoms with E-state index >= 15 is 0 Å². The molecule has 2 aromatic heterocycles. The van der Waals surface area contributed by atoms with Crippen molar-refractivity contribution in [3.05, 3.63) is 59.5 Å². The van der Waals surface area contributed by atoms with Crippen LogP contribution in [-0.2, 0) is 12.1 Å². The second-order valence-electron chi connectivity index (χ2n) is 9.99. The molecule has 32 heavy (non-hydrogen) atoms. The van der Waals surface area contributed by atoms with Crippen LogP contribution in [-0.4, -0.2) is 20.7 Å². The van der Waals surface area contributed by atoms with Gasteiger partial charge in [0.2, 0.25) is 0 Å². The Balaban J connectivity index is 1.56. The number of benzene rings is 1.